The fraction of sp³-hybridized carbons (Fsp3) is 0.471. The van der Waals surface area contributed by atoms with Gasteiger partial charge in [0.25, 0.3) is 5.91 Å². The van der Waals surface area contributed by atoms with E-state index in [1.807, 2.05) is 30.3 Å². The number of benzene rings is 1. The van der Waals surface area contributed by atoms with Gasteiger partial charge in [-0.2, -0.15) is 0 Å². The molecule has 1 aliphatic heterocycles. The molecule has 2 aromatic rings. The quantitative estimate of drug-likeness (QED) is 0.887. The number of para-hydroxylation sites is 1. The van der Waals surface area contributed by atoms with Crippen LogP contribution in [-0.4, -0.2) is 40.2 Å². The van der Waals surface area contributed by atoms with Crippen LogP contribution in [0.2, 0.25) is 0 Å². The van der Waals surface area contributed by atoms with Crippen molar-refractivity contribution in [3.8, 4) is 5.69 Å². The zero-order valence-electron chi connectivity index (χ0n) is 13.4. The topological polar surface area (TPSA) is 69.0 Å². The number of nitrogens with zero attached hydrogens (tertiary/aromatic N) is 3. The van der Waals surface area contributed by atoms with Crippen molar-refractivity contribution in [1.29, 1.82) is 0 Å². The van der Waals surface area contributed by atoms with Crippen LogP contribution < -0.4 is 5.32 Å². The van der Waals surface area contributed by atoms with Gasteiger partial charge in [0.1, 0.15) is 0 Å². The van der Waals surface area contributed by atoms with Crippen molar-refractivity contribution in [2.45, 2.75) is 38.7 Å². The molecule has 6 heteroatoms. The molecule has 2 heterocycles. The summed E-state index contributed by atoms with van der Waals surface area (Å²) in [6.07, 6.45) is 3.86. The van der Waals surface area contributed by atoms with Crippen LogP contribution in [0.4, 0.5) is 0 Å². The summed E-state index contributed by atoms with van der Waals surface area (Å²) in [5.74, 6) is -0.175. The van der Waals surface area contributed by atoms with Crippen LogP contribution in [0.3, 0.4) is 0 Å². The number of rotatable bonds is 6. The van der Waals surface area contributed by atoms with Crippen LogP contribution in [-0.2, 0) is 11.2 Å². The molecule has 1 saturated heterocycles. The van der Waals surface area contributed by atoms with E-state index in [0.29, 0.717) is 12.2 Å². The van der Waals surface area contributed by atoms with Gasteiger partial charge in [-0.15, -0.1) is 5.10 Å². The number of carbonyl (C=O) groups excluding carboxylic acids is 1. The van der Waals surface area contributed by atoms with Gasteiger partial charge >= 0.3 is 0 Å². The first-order valence-electron chi connectivity index (χ1n) is 8.19. The molecule has 1 N–H and O–H groups in total. The fourth-order valence-electron chi connectivity index (χ4n) is 2.81. The molecule has 3 rings (SSSR count). The minimum atomic E-state index is -0.175. The maximum atomic E-state index is 12.5. The first-order valence-corrected chi connectivity index (χ1v) is 8.19. The molecule has 1 fully saturated rings. The Labute approximate surface area is 135 Å². The average molecular weight is 314 g/mol. The summed E-state index contributed by atoms with van der Waals surface area (Å²) in [5, 5.41) is 11.2. The Balaban J connectivity index is 1.78. The Morgan fingerprint density at radius 3 is 2.91 bits per heavy atom. The van der Waals surface area contributed by atoms with Crippen molar-refractivity contribution in [2.75, 3.05) is 13.2 Å². The number of amides is 1. The second kappa shape index (κ2) is 7.37. The van der Waals surface area contributed by atoms with Crippen molar-refractivity contribution < 1.29 is 9.53 Å². The van der Waals surface area contributed by atoms with Gasteiger partial charge < -0.3 is 10.1 Å². The molecule has 1 aromatic heterocycles. The van der Waals surface area contributed by atoms with E-state index in [0.717, 1.165) is 43.7 Å². The number of hydrogen-bond donors (Lipinski definition) is 1. The van der Waals surface area contributed by atoms with Crippen molar-refractivity contribution in [3.05, 3.63) is 41.7 Å². The van der Waals surface area contributed by atoms with Gasteiger partial charge in [0.2, 0.25) is 0 Å². The molecule has 23 heavy (non-hydrogen) atoms. The molecule has 1 aliphatic rings. The van der Waals surface area contributed by atoms with E-state index < -0.39 is 0 Å². The third-order valence-electron chi connectivity index (χ3n) is 3.98. The third-order valence-corrected chi connectivity index (χ3v) is 3.98. The van der Waals surface area contributed by atoms with Crippen LogP contribution in [0.15, 0.2) is 30.3 Å². The fourth-order valence-corrected chi connectivity index (χ4v) is 2.81. The van der Waals surface area contributed by atoms with Crippen LogP contribution in [0.5, 0.6) is 0 Å². The van der Waals surface area contributed by atoms with Crippen molar-refractivity contribution in [3.63, 3.8) is 0 Å². The second-order valence-electron chi connectivity index (χ2n) is 5.73. The Morgan fingerprint density at radius 1 is 1.39 bits per heavy atom. The van der Waals surface area contributed by atoms with Crippen LogP contribution in [0, 0.1) is 0 Å². The normalized spacial score (nSPS) is 17.3. The monoisotopic (exact) mass is 314 g/mol. The molecule has 0 radical (unpaired) electrons. The Hall–Kier alpha value is -2.21. The van der Waals surface area contributed by atoms with E-state index in [1.54, 1.807) is 4.68 Å². The van der Waals surface area contributed by atoms with Gasteiger partial charge in [-0.25, -0.2) is 4.68 Å². The summed E-state index contributed by atoms with van der Waals surface area (Å²) in [7, 11) is 0. The lowest BCUT2D eigenvalue weighted by Gasteiger charge is -2.11. The molecule has 1 aromatic carbocycles. The Bertz CT molecular complexity index is 648. The molecule has 1 amide bonds. The van der Waals surface area contributed by atoms with E-state index >= 15 is 0 Å². The highest BCUT2D eigenvalue weighted by molar-refractivity contribution is 5.93. The Morgan fingerprint density at radius 2 is 2.22 bits per heavy atom. The minimum absolute atomic E-state index is 0.123. The lowest BCUT2D eigenvalue weighted by Crippen LogP contribution is -2.32. The molecule has 0 unspecified atom stereocenters. The molecule has 0 bridgehead atoms. The van der Waals surface area contributed by atoms with Gasteiger partial charge in [0, 0.05) is 13.2 Å². The predicted molar refractivity (Wildman–Crippen MR) is 86.7 cm³/mol. The largest absolute Gasteiger partial charge is 0.376 e. The smallest absolute Gasteiger partial charge is 0.273 e. The van der Waals surface area contributed by atoms with Crippen LogP contribution >= 0.6 is 0 Å². The minimum Gasteiger partial charge on any atom is -0.376 e. The maximum absolute atomic E-state index is 12.5. The molecular weight excluding hydrogens is 292 g/mol. The lowest BCUT2D eigenvalue weighted by molar-refractivity contribution is 0.0853. The third kappa shape index (κ3) is 3.59. The van der Waals surface area contributed by atoms with Crippen molar-refractivity contribution >= 4 is 5.91 Å². The molecule has 0 spiro atoms. The van der Waals surface area contributed by atoms with E-state index in [9.17, 15) is 4.79 Å². The standard InChI is InChI=1S/C17H22N4O2/c1-2-7-15-16(17(22)18-12-14-10-6-11-23-14)19-20-21(15)13-8-4-3-5-9-13/h3-5,8-9,14H,2,6-7,10-12H2,1H3,(H,18,22)/t14-/m1/s1. The highest BCUT2D eigenvalue weighted by Crippen LogP contribution is 2.15. The summed E-state index contributed by atoms with van der Waals surface area (Å²) in [6, 6.07) is 9.77. The van der Waals surface area contributed by atoms with Crippen LogP contribution in [0.1, 0.15) is 42.4 Å². The van der Waals surface area contributed by atoms with Gasteiger partial charge in [-0.05, 0) is 31.4 Å². The summed E-state index contributed by atoms with van der Waals surface area (Å²) >= 11 is 0. The molecule has 0 aliphatic carbocycles. The van der Waals surface area contributed by atoms with Gasteiger partial charge in [0.05, 0.1) is 17.5 Å². The van der Waals surface area contributed by atoms with E-state index in [2.05, 4.69) is 22.6 Å². The molecule has 122 valence electrons. The number of carbonyl (C=O) groups is 1. The summed E-state index contributed by atoms with van der Waals surface area (Å²) < 4.78 is 7.29. The zero-order chi connectivity index (χ0) is 16.1. The molecular formula is C17H22N4O2. The van der Waals surface area contributed by atoms with Crippen LogP contribution in [0.25, 0.3) is 5.69 Å². The van der Waals surface area contributed by atoms with E-state index in [1.165, 1.54) is 0 Å². The van der Waals surface area contributed by atoms with Gasteiger partial charge in [0.15, 0.2) is 5.69 Å². The molecule has 1 atom stereocenters. The molecule has 6 nitrogen and oxygen atoms in total. The van der Waals surface area contributed by atoms with E-state index in [-0.39, 0.29) is 12.0 Å². The first-order chi connectivity index (χ1) is 11.3. The maximum Gasteiger partial charge on any atom is 0.273 e. The molecule has 0 saturated carbocycles. The summed E-state index contributed by atoms with van der Waals surface area (Å²) in [5.41, 5.74) is 2.18. The average Bonchev–Trinajstić information content (AvgIpc) is 3.23. The second-order valence-corrected chi connectivity index (χ2v) is 5.73. The highest BCUT2D eigenvalue weighted by Gasteiger charge is 2.22. The highest BCUT2D eigenvalue weighted by atomic mass is 16.5. The summed E-state index contributed by atoms with van der Waals surface area (Å²) in [6.45, 7) is 3.39. The van der Waals surface area contributed by atoms with E-state index in [4.69, 9.17) is 4.74 Å². The first kappa shape index (κ1) is 15.7. The SMILES string of the molecule is CCCc1c(C(=O)NC[C@H]2CCCO2)nnn1-c1ccccc1. The Kier molecular flexibility index (Phi) is 5.02. The van der Waals surface area contributed by atoms with Crippen molar-refractivity contribution in [1.82, 2.24) is 20.3 Å². The number of ether oxygens (including phenoxy) is 1. The number of aromatic nitrogens is 3. The van der Waals surface area contributed by atoms with Crippen molar-refractivity contribution in [2.24, 2.45) is 0 Å². The number of hydrogen-bond acceptors (Lipinski definition) is 4. The lowest BCUT2D eigenvalue weighted by atomic mass is 10.2. The number of nitrogens with one attached hydrogen (secondary N) is 1. The summed E-state index contributed by atoms with van der Waals surface area (Å²) in [4.78, 5) is 12.5. The predicted octanol–water partition coefficient (Wildman–Crippen LogP) is 2.13. The van der Waals surface area contributed by atoms with Gasteiger partial charge in [-0.3, -0.25) is 4.79 Å². The van der Waals surface area contributed by atoms with Gasteiger partial charge in [-0.1, -0.05) is 36.8 Å². The zero-order valence-corrected chi connectivity index (χ0v) is 13.4.